The number of alkyl carbamates (subject to hydrolysis) is 1. The van der Waals surface area contributed by atoms with Gasteiger partial charge < -0.3 is 44.3 Å². The van der Waals surface area contributed by atoms with E-state index in [4.69, 9.17) is 28.9 Å². The van der Waals surface area contributed by atoms with E-state index in [1.54, 1.807) is 67.0 Å². The van der Waals surface area contributed by atoms with Gasteiger partial charge in [0.1, 0.15) is 40.8 Å². The smallest absolute Gasteiger partial charge is 0.408 e. The number of hydrogen-bond acceptors (Lipinski definition) is 18. The number of anilines is 2. The first-order valence-electron chi connectivity index (χ1n) is 25.4. The van der Waals surface area contributed by atoms with Gasteiger partial charge in [-0.25, -0.2) is 33.0 Å². The zero-order valence-corrected chi connectivity index (χ0v) is 47.6. The van der Waals surface area contributed by atoms with Crippen molar-refractivity contribution in [3.63, 3.8) is 0 Å². The molecule has 3 fully saturated rings. The highest BCUT2D eigenvalue weighted by molar-refractivity contribution is 7.91. The van der Waals surface area contributed by atoms with Crippen LogP contribution < -0.4 is 34.6 Å². The quantitative estimate of drug-likeness (QED) is 0.0579. The zero-order valence-electron chi connectivity index (χ0n) is 45.1. The standard InChI is InChI=1S/C42H57N7O9S2.C10H16N2O2S/c1-11-25-21-42(25,37(52)47-60(54,55)28-15-16-28)46-34(50)32-20-27(22-49(32)36(51)33(40(4,5)6)45-39(53)58-41(7,8)9)57-35-29-17-14-26(56-10)18-24(29)19-30(43-35)31-23-59-38(44-31)48(12-2)13-3;1-4-12(5-2)10-11-8(7-15-10)9(13)14-6-3/h11,14,17-19,23,25,27-28,32-33H,1,12-13,15-16,20-22H2,2-10H3,(H,45,53)(H,46,50)(H,47,52);7H,4-6H2,1-3H3/t25?,27-,32+,33-,42-;/m1./s1. The number of fused-ring (bicyclic) bond motifs is 1. The van der Waals surface area contributed by atoms with Crippen molar-refractivity contribution in [3.8, 4) is 23.0 Å². The summed E-state index contributed by atoms with van der Waals surface area (Å²) in [7, 11) is -2.35. The summed E-state index contributed by atoms with van der Waals surface area (Å²) in [5.41, 5.74) is -1.68. The highest BCUT2D eigenvalue weighted by Gasteiger charge is 2.62. The van der Waals surface area contributed by atoms with Crippen LogP contribution in [-0.2, 0) is 33.9 Å². The first-order chi connectivity index (χ1) is 35.3. The average molecular weight is 1100 g/mol. The Hall–Kier alpha value is -6.07. The van der Waals surface area contributed by atoms with Crippen molar-refractivity contribution < 1.29 is 51.3 Å². The van der Waals surface area contributed by atoms with E-state index in [9.17, 15) is 32.4 Å². The number of nitrogens with one attached hydrogen (secondary N) is 3. The molecule has 2 aliphatic carbocycles. The number of benzene rings is 1. The Morgan fingerprint density at radius 3 is 2.11 bits per heavy atom. The molecule has 1 aliphatic heterocycles. The number of nitrogens with zero attached hydrogens (tertiary/aromatic N) is 6. The lowest BCUT2D eigenvalue weighted by atomic mass is 9.85. The lowest BCUT2D eigenvalue weighted by Gasteiger charge is -2.36. The van der Waals surface area contributed by atoms with E-state index < -0.39 is 79.7 Å². The minimum atomic E-state index is -3.93. The van der Waals surface area contributed by atoms with E-state index in [-0.39, 0.29) is 31.2 Å². The van der Waals surface area contributed by atoms with Gasteiger partial charge in [-0.05, 0) is 110 Å². The Morgan fingerprint density at radius 2 is 1.55 bits per heavy atom. The molecular formula is C52H73N9O11S3. The summed E-state index contributed by atoms with van der Waals surface area (Å²) in [6.45, 7) is 28.0. The number of thiazole rings is 2. The second kappa shape index (κ2) is 23.9. The van der Waals surface area contributed by atoms with Crippen LogP contribution in [-0.4, -0.2) is 139 Å². The van der Waals surface area contributed by atoms with Crippen LogP contribution in [0, 0.1) is 11.3 Å². The Kier molecular flexibility index (Phi) is 18.5. The number of ether oxygens (including phenoxy) is 4. The summed E-state index contributed by atoms with van der Waals surface area (Å²) >= 11 is 2.98. The van der Waals surface area contributed by atoms with E-state index >= 15 is 0 Å². The molecule has 3 N–H and O–H groups in total. The fraction of sp³-hybridized carbons (Fsp3) is 0.577. The minimum Gasteiger partial charge on any atom is -0.497 e. The molecule has 2 saturated carbocycles. The fourth-order valence-electron chi connectivity index (χ4n) is 8.57. The van der Waals surface area contributed by atoms with E-state index in [1.807, 2.05) is 23.6 Å². The van der Waals surface area contributed by atoms with Crippen molar-refractivity contribution in [2.24, 2.45) is 11.3 Å². The molecule has 20 nitrogen and oxygen atoms in total. The van der Waals surface area contributed by atoms with Crippen molar-refractivity contribution in [2.75, 3.05) is 56.2 Å². The normalized spacial score (nSPS) is 19.7. The van der Waals surface area contributed by atoms with Gasteiger partial charge in [-0.15, -0.1) is 29.3 Å². The van der Waals surface area contributed by atoms with Crippen molar-refractivity contribution in [3.05, 3.63) is 53.4 Å². The second-order valence-electron chi connectivity index (χ2n) is 20.6. The first kappa shape index (κ1) is 58.2. The summed E-state index contributed by atoms with van der Waals surface area (Å²) in [5, 5.41) is 11.7. The third-order valence-electron chi connectivity index (χ3n) is 13.0. The number of likely N-dealkylation sites (tertiary alicyclic amines) is 1. The van der Waals surface area contributed by atoms with E-state index in [2.05, 4.69) is 64.4 Å². The minimum absolute atomic E-state index is 0.0237. The van der Waals surface area contributed by atoms with Crippen molar-refractivity contribution in [1.82, 2.24) is 35.2 Å². The van der Waals surface area contributed by atoms with Crippen molar-refractivity contribution in [1.29, 1.82) is 0 Å². The molecule has 4 amide bonds. The first-order valence-corrected chi connectivity index (χ1v) is 28.7. The van der Waals surface area contributed by atoms with Gasteiger partial charge in [-0.1, -0.05) is 26.8 Å². The largest absolute Gasteiger partial charge is 0.497 e. The predicted molar refractivity (Wildman–Crippen MR) is 291 cm³/mol. The van der Waals surface area contributed by atoms with Gasteiger partial charge in [-0.2, -0.15) is 0 Å². The summed E-state index contributed by atoms with van der Waals surface area (Å²) in [5.74, 6) is -2.15. The van der Waals surface area contributed by atoms with Crippen LogP contribution in [0.2, 0.25) is 0 Å². The molecule has 410 valence electrons. The van der Waals surface area contributed by atoms with Gasteiger partial charge in [-0.3, -0.25) is 19.1 Å². The molecule has 4 heterocycles. The number of methoxy groups -OCH3 is 1. The molecule has 75 heavy (non-hydrogen) atoms. The number of esters is 1. The number of carbonyl (C=O) groups is 5. The fourth-order valence-corrected chi connectivity index (χ4v) is 11.8. The summed E-state index contributed by atoms with van der Waals surface area (Å²) in [6, 6.07) is 5.03. The average Bonchev–Trinajstić information content (AvgIpc) is 4.14. The molecule has 23 heteroatoms. The van der Waals surface area contributed by atoms with Crippen LogP contribution in [0.4, 0.5) is 15.1 Å². The Labute approximate surface area is 448 Å². The van der Waals surface area contributed by atoms with E-state index in [0.29, 0.717) is 47.7 Å². The monoisotopic (exact) mass is 1100 g/mol. The van der Waals surface area contributed by atoms with Crippen LogP contribution in [0.5, 0.6) is 11.6 Å². The molecule has 0 bridgehead atoms. The number of hydrogen-bond donors (Lipinski definition) is 3. The maximum absolute atomic E-state index is 14.7. The summed E-state index contributed by atoms with van der Waals surface area (Å²) in [6.07, 6.45) is 0.887. The Bertz CT molecular complexity index is 2830. The van der Waals surface area contributed by atoms with Gasteiger partial charge >= 0.3 is 12.1 Å². The number of aromatic nitrogens is 3. The molecule has 4 aromatic rings. The molecule has 3 aromatic heterocycles. The molecule has 1 saturated heterocycles. The van der Waals surface area contributed by atoms with Crippen molar-refractivity contribution >= 4 is 83.5 Å². The second-order valence-corrected chi connectivity index (χ2v) is 24.2. The molecule has 1 aromatic carbocycles. The molecule has 3 aliphatic rings. The van der Waals surface area contributed by atoms with Crippen LogP contribution >= 0.6 is 22.7 Å². The summed E-state index contributed by atoms with van der Waals surface area (Å²) in [4.78, 5) is 87.0. The van der Waals surface area contributed by atoms with E-state index in [0.717, 1.165) is 41.8 Å². The highest BCUT2D eigenvalue weighted by atomic mass is 32.2. The highest BCUT2D eigenvalue weighted by Crippen LogP contribution is 2.46. The predicted octanol–water partition coefficient (Wildman–Crippen LogP) is 7.34. The number of pyridine rings is 1. The van der Waals surface area contributed by atoms with Crippen LogP contribution in [0.1, 0.15) is 112 Å². The molecule has 7 rings (SSSR count). The van der Waals surface area contributed by atoms with Crippen molar-refractivity contribution in [2.45, 2.75) is 136 Å². The lowest BCUT2D eigenvalue weighted by molar-refractivity contribution is -0.143. The van der Waals surface area contributed by atoms with Gasteiger partial charge in [0.2, 0.25) is 27.7 Å². The maximum atomic E-state index is 14.7. The zero-order chi connectivity index (χ0) is 55.2. The van der Waals surface area contributed by atoms with Crippen LogP contribution in [0.3, 0.4) is 0 Å². The van der Waals surface area contributed by atoms with Gasteiger partial charge in [0.25, 0.3) is 5.91 Å². The Balaban J connectivity index is 0.000000524. The number of carbonyl (C=O) groups excluding carboxylic acids is 5. The Morgan fingerprint density at radius 1 is 0.907 bits per heavy atom. The molecular weight excluding hydrogens is 1020 g/mol. The van der Waals surface area contributed by atoms with E-state index in [1.165, 1.54) is 33.6 Å². The third-order valence-corrected chi connectivity index (χ3v) is 16.6. The van der Waals surface area contributed by atoms with Crippen LogP contribution in [0.15, 0.2) is 47.7 Å². The third kappa shape index (κ3) is 14.1. The topological polar surface area (TPSA) is 241 Å². The maximum Gasteiger partial charge on any atom is 0.408 e. The molecule has 1 unspecified atom stereocenters. The van der Waals surface area contributed by atoms with Gasteiger partial charge in [0, 0.05) is 54.7 Å². The molecule has 5 atom stereocenters. The lowest BCUT2D eigenvalue weighted by Crippen LogP contribution is -2.60. The summed E-state index contributed by atoms with van der Waals surface area (Å²) < 4.78 is 50.4. The van der Waals surface area contributed by atoms with Gasteiger partial charge in [0.15, 0.2) is 16.0 Å². The SMILES string of the molecule is C=CC1C[C@]1(NC(=O)[C@@H]1C[C@@H](Oc2nc(-c3csc(N(CC)CC)n3)cc3cc(OC)ccc23)CN1C(=O)[C@@H](NC(=O)OC(C)(C)C)C(C)(C)C)C(=O)NS(=O)(=O)C1CC1.CCOC(=O)c1csc(N(CC)CC)n1. The number of rotatable bonds is 20. The number of amides is 4. The van der Waals surface area contributed by atoms with Crippen LogP contribution in [0.25, 0.3) is 22.2 Å². The van der Waals surface area contributed by atoms with Gasteiger partial charge in [0.05, 0.1) is 31.2 Å². The number of sulfonamides is 1. The molecule has 0 spiro atoms. The molecule has 0 radical (unpaired) electrons.